The molecule has 1 heterocycles. The Hall–Kier alpha value is -3.23. The molecular formula is C26H20Cl2F3NO4. The maximum atomic E-state index is 13.4. The number of carbonyl (C=O) groups excluding carboxylic acids is 1. The molecule has 5 rings (SSSR count). The lowest BCUT2D eigenvalue weighted by Crippen LogP contribution is -2.30. The first-order valence-corrected chi connectivity index (χ1v) is 11.7. The molecule has 0 bridgehead atoms. The molecule has 0 aromatic heterocycles. The number of nitrogens with one attached hydrogen (secondary N) is 1. The third-order valence-corrected chi connectivity index (χ3v) is 6.61. The lowest BCUT2D eigenvalue weighted by Gasteiger charge is -2.23. The molecule has 2 aliphatic rings. The van der Waals surface area contributed by atoms with Crippen molar-refractivity contribution >= 4 is 35.1 Å². The molecule has 1 fully saturated rings. The van der Waals surface area contributed by atoms with Crippen LogP contribution in [0, 0.1) is 30.3 Å². The van der Waals surface area contributed by atoms with Crippen molar-refractivity contribution in [2.24, 2.45) is 5.92 Å². The second-order valence-corrected chi connectivity index (χ2v) is 9.32. The number of halogens is 5. The van der Waals surface area contributed by atoms with Crippen molar-refractivity contribution in [2.75, 3.05) is 13.2 Å². The van der Waals surface area contributed by atoms with Gasteiger partial charge in [0, 0.05) is 22.6 Å². The molecule has 188 valence electrons. The Kier molecular flexibility index (Phi) is 7.47. The van der Waals surface area contributed by atoms with Crippen LogP contribution in [0.25, 0.3) is 11.1 Å². The fourth-order valence-corrected chi connectivity index (χ4v) is 4.91. The smallest absolute Gasteiger partial charge is 0.322 e. The van der Waals surface area contributed by atoms with E-state index in [1.165, 1.54) is 29.7 Å². The van der Waals surface area contributed by atoms with E-state index in [0.717, 1.165) is 36.1 Å². The molecule has 1 saturated carbocycles. The summed E-state index contributed by atoms with van der Waals surface area (Å²) in [6, 6.07) is 9.54. The van der Waals surface area contributed by atoms with Gasteiger partial charge >= 0.3 is 5.97 Å². The van der Waals surface area contributed by atoms with Gasteiger partial charge in [-0.1, -0.05) is 41.4 Å². The number of rotatable bonds is 4. The summed E-state index contributed by atoms with van der Waals surface area (Å²) in [5.41, 5.74) is 3.22. The van der Waals surface area contributed by atoms with E-state index >= 15 is 0 Å². The van der Waals surface area contributed by atoms with E-state index in [4.69, 9.17) is 33.0 Å². The van der Waals surface area contributed by atoms with Gasteiger partial charge in [0.25, 0.3) is 5.91 Å². The highest BCUT2D eigenvalue weighted by molar-refractivity contribution is 6.39. The largest absolute Gasteiger partial charge is 0.492 e. The van der Waals surface area contributed by atoms with Crippen LogP contribution >= 0.6 is 23.2 Å². The van der Waals surface area contributed by atoms with Crippen LogP contribution in [0.3, 0.4) is 0 Å². The predicted molar refractivity (Wildman–Crippen MR) is 129 cm³/mol. The van der Waals surface area contributed by atoms with Crippen LogP contribution in [0.5, 0.6) is 5.75 Å². The first kappa shape index (κ1) is 25.9. The number of aryl methyl sites for hydroxylation is 1. The highest BCUT2D eigenvalue weighted by Crippen LogP contribution is 2.57. The van der Waals surface area contributed by atoms with E-state index in [2.05, 4.69) is 13.0 Å². The molecule has 0 saturated heterocycles. The number of ether oxygens (including phenoxy) is 1. The number of benzene rings is 3. The number of amides is 1. The van der Waals surface area contributed by atoms with Crippen LogP contribution < -0.4 is 10.1 Å². The molecule has 5 nitrogen and oxygen atoms in total. The Morgan fingerprint density at radius 1 is 1.08 bits per heavy atom. The van der Waals surface area contributed by atoms with Gasteiger partial charge < -0.3 is 15.2 Å². The predicted octanol–water partition coefficient (Wildman–Crippen LogP) is 6.38. The van der Waals surface area contributed by atoms with Crippen LogP contribution in [0.15, 0.2) is 42.5 Å². The first-order valence-electron chi connectivity index (χ1n) is 10.9. The lowest BCUT2D eigenvalue weighted by atomic mass is 9.93. The minimum absolute atomic E-state index is 0.313. The van der Waals surface area contributed by atoms with Crippen LogP contribution in [0.1, 0.15) is 33.8 Å². The van der Waals surface area contributed by atoms with Gasteiger partial charge in [0.2, 0.25) is 0 Å². The molecule has 1 amide bonds. The number of carboxylic acids is 1. The molecule has 1 aliphatic carbocycles. The van der Waals surface area contributed by atoms with Crippen molar-refractivity contribution in [3.63, 3.8) is 0 Å². The topological polar surface area (TPSA) is 75.6 Å². The van der Waals surface area contributed by atoms with Gasteiger partial charge in [-0.25, -0.2) is 13.2 Å². The Balaban J connectivity index is 0.000000181. The van der Waals surface area contributed by atoms with E-state index in [1.54, 1.807) is 0 Å². The number of hydrogen-bond donors (Lipinski definition) is 2. The number of aliphatic carboxylic acids is 1. The summed E-state index contributed by atoms with van der Waals surface area (Å²) in [4.78, 5) is 21.2. The summed E-state index contributed by atoms with van der Waals surface area (Å²) >= 11 is 12.4. The van der Waals surface area contributed by atoms with Crippen molar-refractivity contribution < 1.29 is 32.6 Å². The van der Waals surface area contributed by atoms with Crippen molar-refractivity contribution in [3.05, 3.63) is 86.7 Å². The fourth-order valence-electron chi connectivity index (χ4n) is 4.25. The molecule has 2 unspecified atom stereocenters. The molecule has 36 heavy (non-hydrogen) atoms. The quantitative estimate of drug-likeness (QED) is 0.404. The van der Waals surface area contributed by atoms with Gasteiger partial charge in [-0.2, -0.15) is 0 Å². The monoisotopic (exact) mass is 537 g/mol. The molecule has 0 radical (unpaired) electrons. The standard InChI is InChI=1S/C17H13Cl2FO.C9H7F2NO3/c1-8-2-3-11(16-13(18)5-10(20)6-14(16)19)17-15(8)12-4-9(12)7-21-17;10-5-2-1-3-6(11)8(5)9(15)12-4-7(13)14/h2-3,5-6,9,12H,4,7H2,1H3;1-3H,4H2,(H,12,15)(H,13,14). The van der Waals surface area contributed by atoms with Gasteiger partial charge in [-0.05, 0) is 49.1 Å². The van der Waals surface area contributed by atoms with Crippen molar-refractivity contribution in [1.29, 1.82) is 0 Å². The van der Waals surface area contributed by atoms with Crippen molar-refractivity contribution in [3.8, 4) is 16.9 Å². The first-order chi connectivity index (χ1) is 17.1. The maximum Gasteiger partial charge on any atom is 0.322 e. The minimum atomic E-state index is -1.29. The molecule has 1 aliphatic heterocycles. The zero-order valence-electron chi connectivity index (χ0n) is 18.9. The number of fused-ring (bicyclic) bond motifs is 3. The molecule has 10 heteroatoms. The average Bonchev–Trinajstić information content (AvgIpc) is 3.59. The molecule has 3 aromatic rings. The number of carboxylic acid groups (broad SMARTS) is 1. The molecule has 2 N–H and O–H groups in total. The highest BCUT2D eigenvalue weighted by Gasteiger charge is 2.45. The summed E-state index contributed by atoms with van der Waals surface area (Å²) in [5, 5.41) is 10.7. The lowest BCUT2D eigenvalue weighted by molar-refractivity contribution is -0.135. The zero-order valence-corrected chi connectivity index (χ0v) is 20.4. The Labute approximate surface area is 214 Å². The van der Waals surface area contributed by atoms with Crippen LogP contribution in [-0.2, 0) is 4.79 Å². The number of carbonyl (C=O) groups is 2. The van der Waals surface area contributed by atoms with Crippen LogP contribution in [-0.4, -0.2) is 30.1 Å². The average molecular weight is 538 g/mol. The summed E-state index contributed by atoms with van der Waals surface area (Å²) in [6.45, 7) is 2.15. The summed E-state index contributed by atoms with van der Waals surface area (Å²) in [7, 11) is 0. The van der Waals surface area contributed by atoms with Crippen molar-refractivity contribution in [2.45, 2.75) is 19.3 Å². The van der Waals surface area contributed by atoms with Crippen LogP contribution in [0.2, 0.25) is 10.0 Å². The Bertz CT molecular complexity index is 1320. The van der Waals surface area contributed by atoms with E-state index in [0.29, 0.717) is 27.4 Å². The maximum absolute atomic E-state index is 13.4. The summed E-state index contributed by atoms with van der Waals surface area (Å²) < 4.78 is 45.3. The number of hydrogen-bond acceptors (Lipinski definition) is 3. The van der Waals surface area contributed by atoms with Crippen molar-refractivity contribution in [1.82, 2.24) is 5.32 Å². The van der Waals surface area contributed by atoms with Gasteiger partial charge in [-0.3, -0.25) is 9.59 Å². The van der Waals surface area contributed by atoms with E-state index < -0.39 is 41.4 Å². The minimum Gasteiger partial charge on any atom is -0.492 e. The van der Waals surface area contributed by atoms with Gasteiger partial charge in [0.15, 0.2) is 0 Å². The second-order valence-electron chi connectivity index (χ2n) is 8.50. The molecule has 2 atom stereocenters. The van der Waals surface area contributed by atoms with E-state index in [9.17, 15) is 22.8 Å². The fraction of sp³-hybridized carbons (Fsp3) is 0.231. The Morgan fingerprint density at radius 3 is 2.33 bits per heavy atom. The third-order valence-electron chi connectivity index (χ3n) is 6.02. The third kappa shape index (κ3) is 5.29. The van der Waals surface area contributed by atoms with Gasteiger partial charge in [0.1, 0.15) is 35.3 Å². The molecular weight excluding hydrogens is 518 g/mol. The molecule has 0 spiro atoms. The summed E-state index contributed by atoms with van der Waals surface area (Å²) in [6.07, 6.45) is 1.18. The highest BCUT2D eigenvalue weighted by atomic mass is 35.5. The SMILES string of the molecule is Cc1ccc(-c2c(Cl)cc(F)cc2Cl)c2c1C1CC1CO2.O=C(O)CNC(=O)c1c(F)cccc1F. The summed E-state index contributed by atoms with van der Waals surface area (Å²) in [5.74, 6) is -2.77. The zero-order chi connectivity index (χ0) is 26.1. The van der Waals surface area contributed by atoms with E-state index in [-0.39, 0.29) is 0 Å². The second kappa shape index (κ2) is 10.4. The van der Waals surface area contributed by atoms with Gasteiger partial charge in [-0.15, -0.1) is 0 Å². The Morgan fingerprint density at radius 2 is 1.72 bits per heavy atom. The van der Waals surface area contributed by atoms with Gasteiger partial charge in [0.05, 0.1) is 16.7 Å². The normalized spacial score (nSPS) is 17.1. The van der Waals surface area contributed by atoms with Crippen LogP contribution in [0.4, 0.5) is 13.2 Å². The molecule has 3 aromatic carbocycles. The van der Waals surface area contributed by atoms with E-state index in [1.807, 2.05) is 11.4 Å².